The highest BCUT2D eigenvalue weighted by Crippen LogP contribution is 2.08. The van der Waals surface area contributed by atoms with Crippen LogP contribution in [0.25, 0.3) is 0 Å². The molecule has 0 bridgehead atoms. The third-order valence-electron chi connectivity index (χ3n) is 2.52. The van der Waals surface area contributed by atoms with Crippen molar-refractivity contribution in [3.05, 3.63) is 0 Å². The molecule has 2 atom stereocenters. The Labute approximate surface area is 90.5 Å². The van der Waals surface area contributed by atoms with Gasteiger partial charge in [-0.1, -0.05) is 6.92 Å². The predicted octanol–water partition coefficient (Wildman–Crippen LogP) is 0.306. The van der Waals surface area contributed by atoms with E-state index in [9.17, 15) is 9.59 Å². The molecule has 0 saturated carbocycles. The zero-order valence-electron chi connectivity index (χ0n) is 9.78. The molecule has 0 saturated heterocycles. The molecule has 0 rings (SSSR count). The van der Waals surface area contributed by atoms with Crippen LogP contribution in [-0.4, -0.2) is 47.6 Å². The molecule has 5 nitrogen and oxygen atoms in total. The maximum atomic E-state index is 11.4. The first kappa shape index (κ1) is 13.9. The smallest absolute Gasteiger partial charge is 0.304 e. The minimum absolute atomic E-state index is 0.0508. The van der Waals surface area contributed by atoms with Gasteiger partial charge in [0.2, 0.25) is 5.91 Å². The zero-order chi connectivity index (χ0) is 12.0. The third kappa shape index (κ3) is 4.29. The Hall–Kier alpha value is -1.10. The number of aliphatic carboxylic acids is 1. The molecule has 0 aromatic carbocycles. The Kier molecular flexibility index (Phi) is 5.93. The fourth-order valence-electron chi connectivity index (χ4n) is 1.70. The van der Waals surface area contributed by atoms with Crippen LogP contribution in [0.3, 0.4) is 0 Å². The molecule has 2 N–H and O–H groups in total. The molecule has 15 heavy (non-hydrogen) atoms. The van der Waals surface area contributed by atoms with E-state index in [1.165, 1.54) is 0 Å². The third-order valence-corrected chi connectivity index (χ3v) is 2.52. The highest BCUT2D eigenvalue weighted by Gasteiger charge is 2.24. The summed E-state index contributed by atoms with van der Waals surface area (Å²) in [6.07, 6.45) is 0.0508. The van der Waals surface area contributed by atoms with Gasteiger partial charge in [0, 0.05) is 13.1 Å². The minimum atomic E-state index is -0.843. The number of rotatable bonds is 6. The number of hydrogen-bond donors (Lipinski definition) is 2. The van der Waals surface area contributed by atoms with Crippen LogP contribution in [0.5, 0.6) is 0 Å². The monoisotopic (exact) mass is 216 g/mol. The summed E-state index contributed by atoms with van der Waals surface area (Å²) < 4.78 is 0. The van der Waals surface area contributed by atoms with E-state index >= 15 is 0 Å². The van der Waals surface area contributed by atoms with Gasteiger partial charge in [-0.05, 0) is 20.4 Å². The van der Waals surface area contributed by atoms with E-state index in [0.29, 0.717) is 6.54 Å². The lowest BCUT2D eigenvalue weighted by Crippen LogP contribution is -2.48. The van der Waals surface area contributed by atoms with Crippen molar-refractivity contribution in [2.24, 2.45) is 0 Å². The standard InChI is InChI=1S/C10H20N2O3/c1-5-12(7(2)6-9(13)14)8(3)10(15)11-4/h7-8H,5-6H2,1-4H3,(H,11,15)(H,13,14). The van der Waals surface area contributed by atoms with Crippen molar-refractivity contribution in [3.63, 3.8) is 0 Å². The largest absolute Gasteiger partial charge is 0.481 e. The van der Waals surface area contributed by atoms with Gasteiger partial charge >= 0.3 is 5.97 Å². The summed E-state index contributed by atoms with van der Waals surface area (Å²) in [4.78, 5) is 23.8. The molecule has 88 valence electrons. The molecule has 5 heteroatoms. The molecule has 1 amide bonds. The van der Waals surface area contributed by atoms with Crippen LogP contribution < -0.4 is 5.32 Å². The number of hydrogen-bond acceptors (Lipinski definition) is 3. The SMILES string of the molecule is CCN(C(C)CC(=O)O)C(C)C(=O)NC. The number of nitrogens with zero attached hydrogens (tertiary/aromatic N) is 1. The summed E-state index contributed by atoms with van der Waals surface area (Å²) in [6.45, 7) is 6.17. The first-order chi connectivity index (χ1) is 6.93. The van der Waals surface area contributed by atoms with Crippen LogP contribution in [0, 0.1) is 0 Å². The first-order valence-corrected chi connectivity index (χ1v) is 5.13. The first-order valence-electron chi connectivity index (χ1n) is 5.13. The lowest BCUT2D eigenvalue weighted by Gasteiger charge is -2.31. The normalized spacial score (nSPS) is 14.7. The van der Waals surface area contributed by atoms with Crippen LogP contribution in [-0.2, 0) is 9.59 Å². The molecule has 2 unspecified atom stereocenters. The van der Waals surface area contributed by atoms with Crippen molar-refractivity contribution in [1.82, 2.24) is 10.2 Å². The highest BCUT2D eigenvalue weighted by molar-refractivity contribution is 5.81. The maximum absolute atomic E-state index is 11.4. The molecular formula is C10H20N2O3. The van der Waals surface area contributed by atoms with Crippen molar-refractivity contribution in [1.29, 1.82) is 0 Å². The number of carboxylic acid groups (broad SMARTS) is 1. The van der Waals surface area contributed by atoms with E-state index < -0.39 is 5.97 Å². The Morgan fingerprint density at radius 3 is 2.27 bits per heavy atom. The van der Waals surface area contributed by atoms with Gasteiger partial charge < -0.3 is 10.4 Å². The molecule has 0 aliphatic carbocycles. The number of carbonyl (C=O) groups is 2. The van der Waals surface area contributed by atoms with Gasteiger partial charge in [0.1, 0.15) is 0 Å². The molecule has 0 aromatic heterocycles. The van der Waals surface area contributed by atoms with Crippen molar-refractivity contribution in [3.8, 4) is 0 Å². The van der Waals surface area contributed by atoms with Gasteiger partial charge in [-0.2, -0.15) is 0 Å². The highest BCUT2D eigenvalue weighted by atomic mass is 16.4. The maximum Gasteiger partial charge on any atom is 0.304 e. The predicted molar refractivity (Wildman–Crippen MR) is 57.6 cm³/mol. The van der Waals surface area contributed by atoms with Crippen molar-refractivity contribution in [2.75, 3.05) is 13.6 Å². The fourth-order valence-corrected chi connectivity index (χ4v) is 1.70. The lowest BCUT2D eigenvalue weighted by molar-refractivity contribution is -0.139. The van der Waals surface area contributed by atoms with Gasteiger partial charge in [0.25, 0.3) is 0 Å². The second-order valence-electron chi connectivity index (χ2n) is 3.57. The van der Waals surface area contributed by atoms with Crippen LogP contribution >= 0.6 is 0 Å². The van der Waals surface area contributed by atoms with Crippen molar-refractivity contribution in [2.45, 2.75) is 39.3 Å². The van der Waals surface area contributed by atoms with Crippen LogP contribution in [0.2, 0.25) is 0 Å². The molecule has 0 aliphatic heterocycles. The number of carboxylic acids is 1. The minimum Gasteiger partial charge on any atom is -0.481 e. The number of amides is 1. The van der Waals surface area contributed by atoms with E-state index in [4.69, 9.17) is 5.11 Å². The summed E-state index contributed by atoms with van der Waals surface area (Å²) in [6, 6.07) is -0.436. The van der Waals surface area contributed by atoms with Gasteiger partial charge in [-0.25, -0.2) is 0 Å². The van der Waals surface area contributed by atoms with E-state index in [1.807, 2.05) is 18.7 Å². The van der Waals surface area contributed by atoms with E-state index in [-0.39, 0.29) is 24.4 Å². The van der Waals surface area contributed by atoms with Crippen molar-refractivity contribution >= 4 is 11.9 Å². The number of carbonyl (C=O) groups excluding carboxylic acids is 1. The second-order valence-corrected chi connectivity index (χ2v) is 3.57. The second kappa shape index (κ2) is 6.40. The van der Waals surface area contributed by atoms with E-state index in [1.54, 1.807) is 14.0 Å². The summed E-state index contributed by atoms with van der Waals surface area (Å²) in [7, 11) is 1.58. The quantitative estimate of drug-likeness (QED) is 0.670. The van der Waals surface area contributed by atoms with Crippen LogP contribution in [0.4, 0.5) is 0 Å². The number of likely N-dealkylation sites (N-methyl/N-ethyl adjacent to an activating group) is 2. The lowest BCUT2D eigenvalue weighted by atomic mass is 10.1. The Bertz CT molecular complexity index is 231. The Morgan fingerprint density at radius 1 is 1.40 bits per heavy atom. The molecule has 0 aromatic rings. The molecule has 0 spiro atoms. The molecule has 0 fully saturated rings. The zero-order valence-corrected chi connectivity index (χ0v) is 9.78. The summed E-state index contributed by atoms with van der Waals surface area (Å²) in [5, 5.41) is 11.2. The summed E-state index contributed by atoms with van der Waals surface area (Å²) in [5.74, 6) is -0.931. The Balaban J connectivity index is 4.46. The molecule has 0 radical (unpaired) electrons. The van der Waals surface area contributed by atoms with Gasteiger partial charge in [0.15, 0.2) is 0 Å². The van der Waals surface area contributed by atoms with E-state index in [2.05, 4.69) is 5.32 Å². The molecular weight excluding hydrogens is 196 g/mol. The average Bonchev–Trinajstić information content (AvgIpc) is 2.16. The van der Waals surface area contributed by atoms with Crippen LogP contribution in [0.1, 0.15) is 27.2 Å². The van der Waals surface area contributed by atoms with Gasteiger partial charge in [-0.3, -0.25) is 14.5 Å². The Morgan fingerprint density at radius 2 is 1.93 bits per heavy atom. The fraction of sp³-hybridized carbons (Fsp3) is 0.800. The number of nitrogens with one attached hydrogen (secondary N) is 1. The average molecular weight is 216 g/mol. The molecule has 0 aliphatic rings. The molecule has 0 heterocycles. The summed E-state index contributed by atoms with van der Waals surface area (Å²) in [5.41, 5.74) is 0. The van der Waals surface area contributed by atoms with Gasteiger partial charge in [0.05, 0.1) is 12.5 Å². The van der Waals surface area contributed by atoms with E-state index in [0.717, 1.165) is 0 Å². The summed E-state index contributed by atoms with van der Waals surface area (Å²) >= 11 is 0. The van der Waals surface area contributed by atoms with Crippen molar-refractivity contribution < 1.29 is 14.7 Å². The van der Waals surface area contributed by atoms with Crippen LogP contribution in [0.15, 0.2) is 0 Å². The topological polar surface area (TPSA) is 69.6 Å². The van der Waals surface area contributed by atoms with Gasteiger partial charge in [-0.15, -0.1) is 0 Å².